The number of benzene rings is 2. The van der Waals surface area contributed by atoms with Crippen molar-refractivity contribution in [1.82, 2.24) is 0 Å². The van der Waals surface area contributed by atoms with Crippen molar-refractivity contribution in [3.8, 4) is 11.5 Å². The molecule has 3 N–H and O–H groups in total. The first-order valence-corrected chi connectivity index (χ1v) is 7.17. The zero-order valence-electron chi connectivity index (χ0n) is 11.0. The Morgan fingerprint density at radius 2 is 2.00 bits per heavy atom. The van der Waals surface area contributed by atoms with Crippen LogP contribution in [0.15, 0.2) is 34.8 Å². The molecule has 0 saturated heterocycles. The molecule has 3 rings (SSSR count). The number of rotatable bonds is 2. The van der Waals surface area contributed by atoms with Crippen LogP contribution in [0.3, 0.4) is 0 Å². The van der Waals surface area contributed by atoms with E-state index in [9.17, 15) is 9.18 Å². The van der Waals surface area contributed by atoms with E-state index < -0.39 is 5.82 Å². The fraction of sp³-hybridized carbons (Fsp3) is 0.133. The molecule has 0 saturated carbocycles. The van der Waals surface area contributed by atoms with Crippen molar-refractivity contribution in [2.75, 3.05) is 11.1 Å². The molecule has 0 spiro atoms. The van der Waals surface area contributed by atoms with E-state index >= 15 is 0 Å². The standard InChI is InChI=1S/C15H12BrFN2O2/c16-9-4-10(17)6-11(5-9)21-14-3-8-1-2-15(20)19-13(8)7-12(14)18/h3-7H,1-2,18H2,(H,19,20). The van der Waals surface area contributed by atoms with Crippen LogP contribution in [0.4, 0.5) is 15.8 Å². The first-order chi connectivity index (χ1) is 10.0. The van der Waals surface area contributed by atoms with Crippen LogP contribution in [0.5, 0.6) is 11.5 Å². The van der Waals surface area contributed by atoms with E-state index in [1.165, 1.54) is 12.1 Å². The lowest BCUT2D eigenvalue weighted by atomic mass is 10.0. The Bertz CT molecular complexity index is 714. The number of hydrogen-bond donors (Lipinski definition) is 2. The minimum Gasteiger partial charge on any atom is -0.455 e. The Morgan fingerprint density at radius 3 is 2.76 bits per heavy atom. The maximum atomic E-state index is 13.4. The molecule has 21 heavy (non-hydrogen) atoms. The second-order valence-electron chi connectivity index (χ2n) is 4.80. The van der Waals surface area contributed by atoms with Gasteiger partial charge in [-0.25, -0.2) is 4.39 Å². The summed E-state index contributed by atoms with van der Waals surface area (Å²) in [5.74, 6) is 0.378. The van der Waals surface area contributed by atoms with Crippen LogP contribution >= 0.6 is 15.9 Å². The van der Waals surface area contributed by atoms with E-state index in [1.807, 2.05) is 0 Å². The largest absolute Gasteiger partial charge is 0.455 e. The average molecular weight is 351 g/mol. The van der Waals surface area contributed by atoms with Gasteiger partial charge in [0.15, 0.2) is 5.75 Å². The van der Waals surface area contributed by atoms with Crippen molar-refractivity contribution in [3.63, 3.8) is 0 Å². The number of amides is 1. The van der Waals surface area contributed by atoms with Crippen LogP contribution in [0, 0.1) is 5.82 Å². The Labute approximate surface area is 129 Å². The summed E-state index contributed by atoms with van der Waals surface area (Å²) in [7, 11) is 0. The molecule has 1 amide bonds. The van der Waals surface area contributed by atoms with Gasteiger partial charge in [-0.3, -0.25) is 4.79 Å². The molecule has 0 radical (unpaired) electrons. The lowest BCUT2D eigenvalue weighted by Gasteiger charge is -2.19. The van der Waals surface area contributed by atoms with Crippen LogP contribution in [0.25, 0.3) is 0 Å². The van der Waals surface area contributed by atoms with Crippen LogP contribution in [-0.2, 0) is 11.2 Å². The number of carbonyl (C=O) groups is 1. The highest BCUT2D eigenvalue weighted by Gasteiger charge is 2.17. The zero-order valence-corrected chi connectivity index (χ0v) is 12.5. The number of fused-ring (bicyclic) bond motifs is 1. The number of carbonyl (C=O) groups excluding carboxylic acids is 1. The van der Waals surface area contributed by atoms with Crippen LogP contribution in [0.1, 0.15) is 12.0 Å². The van der Waals surface area contributed by atoms with Crippen molar-refractivity contribution in [1.29, 1.82) is 0 Å². The highest BCUT2D eigenvalue weighted by molar-refractivity contribution is 9.10. The molecule has 2 aromatic rings. The minimum atomic E-state index is -0.400. The third-order valence-corrected chi connectivity index (χ3v) is 3.65. The second-order valence-corrected chi connectivity index (χ2v) is 5.72. The summed E-state index contributed by atoms with van der Waals surface area (Å²) in [6, 6.07) is 7.73. The van der Waals surface area contributed by atoms with E-state index in [4.69, 9.17) is 10.5 Å². The van der Waals surface area contributed by atoms with Gasteiger partial charge in [0.25, 0.3) is 0 Å². The summed E-state index contributed by atoms with van der Waals surface area (Å²) in [4.78, 5) is 11.4. The first-order valence-electron chi connectivity index (χ1n) is 6.37. The smallest absolute Gasteiger partial charge is 0.224 e. The molecule has 0 fully saturated rings. The third-order valence-electron chi connectivity index (χ3n) is 3.19. The Morgan fingerprint density at radius 1 is 1.19 bits per heavy atom. The highest BCUT2D eigenvalue weighted by atomic mass is 79.9. The normalized spacial score (nSPS) is 13.5. The van der Waals surface area contributed by atoms with Crippen molar-refractivity contribution >= 4 is 33.2 Å². The molecule has 108 valence electrons. The molecule has 2 aromatic carbocycles. The zero-order chi connectivity index (χ0) is 15.0. The van der Waals surface area contributed by atoms with E-state index in [-0.39, 0.29) is 5.91 Å². The summed E-state index contributed by atoms with van der Waals surface area (Å²) < 4.78 is 19.6. The Hall–Kier alpha value is -2.08. The number of aryl methyl sites for hydroxylation is 1. The second kappa shape index (κ2) is 5.37. The van der Waals surface area contributed by atoms with Gasteiger partial charge in [-0.15, -0.1) is 0 Å². The molecule has 0 aliphatic carbocycles. The number of hydrogen-bond acceptors (Lipinski definition) is 3. The van der Waals surface area contributed by atoms with Crippen molar-refractivity contribution in [3.05, 3.63) is 46.2 Å². The molecule has 0 unspecified atom stereocenters. The minimum absolute atomic E-state index is 0.0235. The Balaban J connectivity index is 1.94. The van der Waals surface area contributed by atoms with Gasteiger partial charge in [0, 0.05) is 22.6 Å². The lowest BCUT2D eigenvalue weighted by Crippen LogP contribution is -2.19. The number of nitrogens with one attached hydrogen (secondary N) is 1. The van der Waals surface area contributed by atoms with Crippen LogP contribution in [-0.4, -0.2) is 5.91 Å². The van der Waals surface area contributed by atoms with Gasteiger partial charge in [0.1, 0.15) is 11.6 Å². The first kappa shape index (κ1) is 13.9. The monoisotopic (exact) mass is 350 g/mol. The van der Waals surface area contributed by atoms with Gasteiger partial charge in [-0.1, -0.05) is 15.9 Å². The van der Waals surface area contributed by atoms with Crippen molar-refractivity contribution in [2.24, 2.45) is 0 Å². The molecule has 1 heterocycles. The summed E-state index contributed by atoms with van der Waals surface area (Å²) in [6.07, 6.45) is 1.06. The van der Waals surface area contributed by atoms with Gasteiger partial charge < -0.3 is 15.8 Å². The summed E-state index contributed by atoms with van der Waals surface area (Å²) in [6.45, 7) is 0. The number of ether oxygens (including phenoxy) is 1. The molecular formula is C15H12BrFN2O2. The molecule has 6 heteroatoms. The SMILES string of the molecule is Nc1cc2c(cc1Oc1cc(F)cc(Br)c1)CCC(=O)N2. The number of anilines is 2. The maximum absolute atomic E-state index is 13.4. The number of nitrogen functional groups attached to an aromatic ring is 1. The molecule has 0 aromatic heterocycles. The molecule has 1 aliphatic rings. The predicted octanol–water partition coefficient (Wildman–Crippen LogP) is 3.85. The average Bonchev–Trinajstić information content (AvgIpc) is 2.38. The highest BCUT2D eigenvalue weighted by Crippen LogP contribution is 2.35. The predicted molar refractivity (Wildman–Crippen MR) is 82.0 cm³/mol. The van der Waals surface area contributed by atoms with Gasteiger partial charge in [-0.05, 0) is 36.2 Å². The van der Waals surface area contributed by atoms with E-state index in [0.29, 0.717) is 40.2 Å². The van der Waals surface area contributed by atoms with Gasteiger partial charge in [0.05, 0.1) is 5.69 Å². The molecular weight excluding hydrogens is 339 g/mol. The van der Waals surface area contributed by atoms with Gasteiger partial charge in [-0.2, -0.15) is 0 Å². The number of halogens is 2. The molecule has 4 nitrogen and oxygen atoms in total. The quantitative estimate of drug-likeness (QED) is 0.808. The van der Waals surface area contributed by atoms with Crippen LogP contribution < -0.4 is 15.8 Å². The topological polar surface area (TPSA) is 64.3 Å². The number of nitrogens with two attached hydrogens (primary N) is 1. The van der Waals surface area contributed by atoms with Crippen molar-refractivity contribution < 1.29 is 13.9 Å². The van der Waals surface area contributed by atoms with Crippen LogP contribution in [0.2, 0.25) is 0 Å². The summed E-state index contributed by atoms with van der Waals surface area (Å²) >= 11 is 3.21. The van der Waals surface area contributed by atoms with Crippen molar-refractivity contribution in [2.45, 2.75) is 12.8 Å². The summed E-state index contributed by atoms with van der Waals surface area (Å²) in [5.41, 5.74) is 7.98. The molecule has 0 bridgehead atoms. The fourth-order valence-corrected chi connectivity index (χ4v) is 2.67. The Kier molecular flexibility index (Phi) is 3.55. The molecule has 1 aliphatic heterocycles. The van der Waals surface area contributed by atoms with E-state index in [1.54, 1.807) is 18.2 Å². The van der Waals surface area contributed by atoms with Gasteiger partial charge >= 0.3 is 0 Å². The maximum Gasteiger partial charge on any atom is 0.224 e. The van der Waals surface area contributed by atoms with Gasteiger partial charge in [0.2, 0.25) is 5.91 Å². The van der Waals surface area contributed by atoms with E-state index in [0.717, 1.165) is 5.56 Å². The van der Waals surface area contributed by atoms with E-state index in [2.05, 4.69) is 21.2 Å². The third kappa shape index (κ3) is 3.00. The fourth-order valence-electron chi connectivity index (χ4n) is 2.23. The lowest BCUT2D eigenvalue weighted by molar-refractivity contribution is -0.116. The summed E-state index contributed by atoms with van der Waals surface area (Å²) in [5, 5.41) is 2.77. The molecule has 0 atom stereocenters.